The summed E-state index contributed by atoms with van der Waals surface area (Å²) < 4.78 is 24.1. The summed E-state index contributed by atoms with van der Waals surface area (Å²) in [7, 11) is 2.62. The van der Waals surface area contributed by atoms with E-state index in [-0.39, 0.29) is 31.0 Å². The number of nitrogens with zero attached hydrogens (tertiary/aromatic N) is 2. The number of ether oxygens (including phenoxy) is 2. The Morgan fingerprint density at radius 1 is 1.21 bits per heavy atom. The van der Waals surface area contributed by atoms with Crippen LogP contribution < -0.4 is 0 Å². The summed E-state index contributed by atoms with van der Waals surface area (Å²) in [5.74, 6) is -1.75. The van der Waals surface area contributed by atoms with E-state index in [1.165, 1.54) is 14.2 Å². The highest BCUT2D eigenvalue weighted by atomic mass is 19.1. The van der Waals surface area contributed by atoms with Crippen LogP contribution in [-0.4, -0.2) is 54.5 Å². The van der Waals surface area contributed by atoms with E-state index >= 15 is 0 Å². The van der Waals surface area contributed by atoms with Crippen LogP contribution in [0, 0.1) is 11.8 Å². The minimum absolute atomic E-state index is 0.118. The number of carbonyl (C=O) groups is 2. The number of Topliss-reactive ketones (excluding diaryl/α,β-unsaturated/α-hetero) is 1. The lowest BCUT2D eigenvalue weighted by molar-refractivity contribution is -0.155. The Kier molecular flexibility index (Phi) is 7.47. The van der Waals surface area contributed by atoms with Crippen molar-refractivity contribution in [2.45, 2.75) is 51.2 Å². The number of carbonyl (C=O) groups excluding carboxylic acids is 2. The molecule has 2 heterocycles. The largest absolute Gasteiger partial charge is 0.469 e. The zero-order valence-electron chi connectivity index (χ0n) is 19.8. The monoisotopic (exact) mass is 458 g/mol. The molecule has 1 aromatic heterocycles. The number of methoxy groups -OCH3 is 2. The molecule has 1 aliphatic rings. The van der Waals surface area contributed by atoms with Crippen LogP contribution in [0.5, 0.6) is 0 Å². The molecule has 0 aliphatic carbocycles. The van der Waals surface area contributed by atoms with E-state index < -0.39 is 29.8 Å². The third kappa shape index (κ3) is 4.76. The lowest BCUT2D eigenvalue weighted by Crippen LogP contribution is -2.48. The number of rotatable bonds is 10. The molecule has 8 heteroatoms. The zero-order chi connectivity index (χ0) is 24.2. The van der Waals surface area contributed by atoms with E-state index in [4.69, 9.17) is 14.3 Å². The average molecular weight is 459 g/mol. The molecule has 0 radical (unpaired) electrons. The van der Waals surface area contributed by atoms with Crippen molar-refractivity contribution >= 4 is 28.2 Å². The molecule has 1 aromatic carbocycles. The Morgan fingerprint density at radius 3 is 2.58 bits per heavy atom. The van der Waals surface area contributed by atoms with Gasteiger partial charge < -0.3 is 14.3 Å². The number of oxime groups is 1. The number of aromatic nitrogens is 1. The number of fused-ring (bicyclic) bond motifs is 1. The third-order valence-corrected chi connectivity index (χ3v) is 6.77. The number of hydrogen-bond donors (Lipinski definition) is 0. The number of ketones is 1. The maximum Gasteiger partial charge on any atom is 0.305 e. The van der Waals surface area contributed by atoms with Crippen molar-refractivity contribution in [2.75, 3.05) is 20.9 Å². The van der Waals surface area contributed by atoms with Crippen molar-refractivity contribution in [1.29, 1.82) is 0 Å². The molecule has 3 atom stereocenters. The summed E-state index contributed by atoms with van der Waals surface area (Å²) in [4.78, 5) is 36.0. The summed E-state index contributed by atoms with van der Waals surface area (Å²) in [6, 6.07) is 9.72. The first-order valence-electron chi connectivity index (χ1n) is 11.0. The number of halogens is 1. The van der Waals surface area contributed by atoms with Crippen molar-refractivity contribution in [3.05, 3.63) is 42.2 Å². The van der Waals surface area contributed by atoms with Crippen molar-refractivity contribution in [2.24, 2.45) is 17.0 Å². The number of pyridine rings is 1. The average Bonchev–Trinajstić information content (AvgIpc) is 3.29. The normalized spacial score (nSPS) is 20.8. The minimum atomic E-state index is -1.32. The molecular formula is C25H31FN2O5. The first-order valence-corrected chi connectivity index (χ1v) is 11.0. The third-order valence-electron chi connectivity index (χ3n) is 6.77. The Hall–Kier alpha value is -2.87. The molecule has 0 amide bonds. The van der Waals surface area contributed by atoms with Gasteiger partial charge in [-0.3, -0.25) is 14.6 Å². The molecule has 3 rings (SSSR count). The van der Waals surface area contributed by atoms with E-state index in [2.05, 4.69) is 10.1 Å². The summed E-state index contributed by atoms with van der Waals surface area (Å²) in [5, 5.41) is 6.20. The van der Waals surface area contributed by atoms with E-state index in [1.807, 2.05) is 44.2 Å². The Balaban J connectivity index is 1.90. The minimum Gasteiger partial charge on any atom is -0.469 e. The van der Waals surface area contributed by atoms with Crippen LogP contribution in [0.25, 0.3) is 10.8 Å². The second-order valence-electron chi connectivity index (χ2n) is 8.99. The first kappa shape index (κ1) is 24.8. The second-order valence-corrected chi connectivity index (χ2v) is 8.99. The number of alkyl halides is 1. The molecule has 0 fully saturated rings. The van der Waals surface area contributed by atoms with Crippen LogP contribution in [0.2, 0.25) is 0 Å². The Bertz CT molecular complexity index is 1040. The summed E-state index contributed by atoms with van der Waals surface area (Å²) in [6.07, 6.45) is 1.67. The van der Waals surface area contributed by atoms with E-state index in [0.29, 0.717) is 11.4 Å². The van der Waals surface area contributed by atoms with Crippen molar-refractivity contribution in [3.8, 4) is 0 Å². The van der Waals surface area contributed by atoms with Gasteiger partial charge in [0.05, 0.1) is 24.8 Å². The van der Waals surface area contributed by atoms with Crippen LogP contribution in [0.3, 0.4) is 0 Å². The molecule has 0 saturated carbocycles. The fraction of sp³-hybridized carbons (Fsp3) is 0.520. The molecule has 33 heavy (non-hydrogen) atoms. The van der Waals surface area contributed by atoms with Gasteiger partial charge in [-0.2, -0.15) is 0 Å². The number of esters is 1. The molecule has 178 valence electrons. The van der Waals surface area contributed by atoms with E-state index in [0.717, 1.165) is 10.8 Å². The molecule has 7 nitrogen and oxygen atoms in total. The zero-order valence-corrected chi connectivity index (χ0v) is 19.8. The molecule has 0 bridgehead atoms. The van der Waals surface area contributed by atoms with Gasteiger partial charge in [-0.05, 0) is 18.4 Å². The van der Waals surface area contributed by atoms with E-state index in [9.17, 15) is 14.0 Å². The first-order chi connectivity index (χ1) is 15.7. The molecule has 1 aliphatic heterocycles. The summed E-state index contributed by atoms with van der Waals surface area (Å²) in [5.41, 5.74) is -1.31. The molecule has 0 N–H and O–H groups in total. The SMILES string of the molecule is COC(=O)C[C@H](CC(=O)[C@]1(C(C)C)CC(c2nccc3ccccc23)=NO1)C(C)(CF)OC. The molecular weight excluding hydrogens is 427 g/mol. The maximum atomic E-state index is 13.9. The van der Waals surface area contributed by atoms with Crippen molar-refractivity contribution in [3.63, 3.8) is 0 Å². The highest BCUT2D eigenvalue weighted by molar-refractivity contribution is 6.12. The fourth-order valence-electron chi connectivity index (χ4n) is 4.22. The van der Waals surface area contributed by atoms with Gasteiger partial charge in [-0.25, -0.2) is 4.39 Å². The van der Waals surface area contributed by atoms with E-state index in [1.54, 1.807) is 13.1 Å². The standard InChI is InChI=1S/C25H31FN2O5/c1-16(2)25(21(29)12-18(13-22(30)31-4)24(3,15-26)32-5)14-20(28-33-25)23-19-9-7-6-8-17(19)10-11-27-23/h6-11,16,18H,12-15H2,1-5H3/t18-,24?,25+/m0/s1. The van der Waals surface area contributed by atoms with Crippen LogP contribution >= 0.6 is 0 Å². The fourth-order valence-corrected chi connectivity index (χ4v) is 4.22. The molecule has 0 saturated heterocycles. The molecule has 2 aromatic rings. The predicted molar refractivity (Wildman–Crippen MR) is 123 cm³/mol. The van der Waals surface area contributed by atoms with Crippen LogP contribution in [0.4, 0.5) is 4.39 Å². The quantitative estimate of drug-likeness (QED) is 0.494. The number of hydrogen-bond acceptors (Lipinski definition) is 7. The topological polar surface area (TPSA) is 87.1 Å². The predicted octanol–water partition coefficient (Wildman–Crippen LogP) is 4.27. The van der Waals surface area contributed by atoms with Gasteiger partial charge in [0.15, 0.2) is 5.78 Å². The van der Waals surface area contributed by atoms with Gasteiger partial charge in [-0.1, -0.05) is 43.3 Å². The van der Waals surface area contributed by atoms with Crippen molar-refractivity contribution < 1.29 is 28.3 Å². The maximum absolute atomic E-state index is 13.9. The summed E-state index contributed by atoms with van der Waals surface area (Å²) in [6.45, 7) is 4.46. The Morgan fingerprint density at radius 2 is 1.94 bits per heavy atom. The highest BCUT2D eigenvalue weighted by Crippen LogP contribution is 2.39. The van der Waals surface area contributed by atoms with Crippen LogP contribution in [-0.2, 0) is 23.9 Å². The lowest BCUT2D eigenvalue weighted by atomic mass is 9.75. The van der Waals surface area contributed by atoms with Gasteiger partial charge >= 0.3 is 5.97 Å². The van der Waals surface area contributed by atoms with Gasteiger partial charge in [0, 0.05) is 43.4 Å². The van der Waals surface area contributed by atoms with Gasteiger partial charge in [0.25, 0.3) is 0 Å². The molecule has 1 unspecified atom stereocenters. The van der Waals surface area contributed by atoms with Crippen LogP contribution in [0.1, 0.15) is 45.7 Å². The molecule has 0 spiro atoms. The van der Waals surface area contributed by atoms with Crippen LogP contribution in [0.15, 0.2) is 41.7 Å². The smallest absolute Gasteiger partial charge is 0.305 e. The Labute approximate surface area is 193 Å². The van der Waals surface area contributed by atoms with Gasteiger partial charge in [-0.15, -0.1) is 0 Å². The number of benzene rings is 1. The van der Waals surface area contributed by atoms with Gasteiger partial charge in [0.1, 0.15) is 12.4 Å². The lowest BCUT2D eigenvalue weighted by Gasteiger charge is -2.36. The second kappa shape index (κ2) is 9.95. The highest BCUT2D eigenvalue weighted by Gasteiger charge is 2.51. The summed E-state index contributed by atoms with van der Waals surface area (Å²) >= 11 is 0. The van der Waals surface area contributed by atoms with Gasteiger partial charge in [0.2, 0.25) is 5.60 Å². The van der Waals surface area contributed by atoms with Crippen molar-refractivity contribution in [1.82, 2.24) is 4.98 Å².